The number of carbonyl (C=O) groups is 1. The lowest BCUT2D eigenvalue weighted by Gasteiger charge is -2.35. The number of anilines is 4. The maximum atomic E-state index is 15.3. The molecule has 4 rings (SSSR count). The maximum Gasteiger partial charge on any atom is 0.419 e. The van der Waals surface area contributed by atoms with Crippen LogP contribution in [0.1, 0.15) is 20.8 Å². The summed E-state index contributed by atoms with van der Waals surface area (Å²) in [4.78, 5) is 20.2. The van der Waals surface area contributed by atoms with E-state index in [0.717, 1.165) is 29.4 Å². The summed E-state index contributed by atoms with van der Waals surface area (Å²) in [6, 6.07) is 9.26. The van der Waals surface area contributed by atoms with E-state index in [1.165, 1.54) is 22.7 Å². The zero-order valence-electron chi connectivity index (χ0n) is 18.6. The van der Waals surface area contributed by atoms with Crippen LogP contribution in [0.4, 0.5) is 31.9 Å². The first kappa shape index (κ1) is 21.8. The maximum absolute atomic E-state index is 15.3. The standard InChI is InChI=1S/C23H28FN3O3S/c1-23(2,3)30-22(28)27-18-7-6-15(26-8-10-29-11-9-26)13-19(18)31-20-14-16(25(4)5)12-17(24)21(20)27/h6-7,12-14H,8-11H2,1-5H3. The van der Waals surface area contributed by atoms with Gasteiger partial charge in [0.15, 0.2) is 5.82 Å². The monoisotopic (exact) mass is 445 g/mol. The minimum Gasteiger partial charge on any atom is -0.443 e. The van der Waals surface area contributed by atoms with Crippen molar-refractivity contribution >= 4 is 40.6 Å². The van der Waals surface area contributed by atoms with E-state index in [2.05, 4.69) is 11.0 Å². The van der Waals surface area contributed by atoms with E-state index in [9.17, 15) is 4.79 Å². The van der Waals surface area contributed by atoms with E-state index in [0.29, 0.717) is 23.8 Å². The summed E-state index contributed by atoms with van der Waals surface area (Å²) in [7, 11) is 3.73. The number of carbonyl (C=O) groups excluding carboxylic acids is 1. The van der Waals surface area contributed by atoms with Crippen LogP contribution >= 0.6 is 11.8 Å². The molecule has 0 unspecified atom stereocenters. The van der Waals surface area contributed by atoms with Crippen LogP contribution in [-0.4, -0.2) is 52.1 Å². The van der Waals surface area contributed by atoms with Crippen molar-refractivity contribution in [2.24, 2.45) is 0 Å². The zero-order chi connectivity index (χ0) is 22.3. The quantitative estimate of drug-likeness (QED) is 0.628. The molecule has 1 saturated heterocycles. The smallest absolute Gasteiger partial charge is 0.419 e. The second kappa shape index (κ2) is 8.24. The average molecular weight is 446 g/mol. The van der Waals surface area contributed by atoms with E-state index in [-0.39, 0.29) is 5.69 Å². The van der Waals surface area contributed by atoms with Gasteiger partial charge in [0.25, 0.3) is 0 Å². The largest absolute Gasteiger partial charge is 0.443 e. The zero-order valence-corrected chi connectivity index (χ0v) is 19.4. The van der Waals surface area contributed by atoms with Crippen molar-refractivity contribution in [2.75, 3.05) is 55.1 Å². The van der Waals surface area contributed by atoms with Gasteiger partial charge in [0, 0.05) is 48.4 Å². The summed E-state index contributed by atoms with van der Waals surface area (Å²) >= 11 is 1.47. The van der Waals surface area contributed by atoms with Gasteiger partial charge in [-0.25, -0.2) is 14.1 Å². The first-order valence-electron chi connectivity index (χ1n) is 10.3. The highest BCUT2D eigenvalue weighted by molar-refractivity contribution is 7.99. The van der Waals surface area contributed by atoms with Gasteiger partial charge in [-0.3, -0.25) is 0 Å². The molecule has 0 atom stereocenters. The van der Waals surface area contributed by atoms with E-state index in [4.69, 9.17) is 9.47 Å². The molecule has 0 bridgehead atoms. The molecule has 0 N–H and O–H groups in total. The predicted octanol–water partition coefficient (Wildman–Crippen LogP) is 5.27. The number of hydrogen-bond acceptors (Lipinski definition) is 6. The van der Waals surface area contributed by atoms with Crippen molar-refractivity contribution in [1.29, 1.82) is 0 Å². The van der Waals surface area contributed by atoms with Crippen LogP contribution in [0.5, 0.6) is 0 Å². The molecule has 0 saturated carbocycles. The summed E-state index contributed by atoms with van der Waals surface area (Å²) in [6.45, 7) is 8.42. The van der Waals surface area contributed by atoms with Crippen LogP contribution in [0.2, 0.25) is 0 Å². The van der Waals surface area contributed by atoms with Crippen LogP contribution in [-0.2, 0) is 9.47 Å². The number of nitrogens with zero attached hydrogens (tertiary/aromatic N) is 3. The van der Waals surface area contributed by atoms with Gasteiger partial charge >= 0.3 is 6.09 Å². The highest BCUT2D eigenvalue weighted by atomic mass is 32.2. The molecule has 2 aliphatic rings. The van der Waals surface area contributed by atoms with E-state index >= 15 is 4.39 Å². The lowest BCUT2D eigenvalue weighted by Crippen LogP contribution is -2.37. The summed E-state index contributed by atoms with van der Waals surface area (Å²) < 4.78 is 26.4. The molecule has 1 amide bonds. The molecule has 2 aliphatic heterocycles. The van der Waals surface area contributed by atoms with Gasteiger partial charge in [0.05, 0.1) is 18.9 Å². The SMILES string of the molecule is CN(C)c1cc(F)c2c(c1)Sc1cc(N3CCOCC3)ccc1N2C(=O)OC(C)(C)C. The number of amides is 1. The molecule has 6 nitrogen and oxygen atoms in total. The number of halogens is 1. The Morgan fingerprint density at radius 2 is 1.84 bits per heavy atom. The summed E-state index contributed by atoms with van der Waals surface area (Å²) in [5, 5.41) is 0. The third-order valence-electron chi connectivity index (χ3n) is 5.11. The Morgan fingerprint density at radius 3 is 2.48 bits per heavy atom. The fourth-order valence-corrected chi connectivity index (χ4v) is 4.78. The number of fused-ring (bicyclic) bond motifs is 2. The van der Waals surface area contributed by atoms with Crippen molar-refractivity contribution in [3.8, 4) is 0 Å². The number of ether oxygens (including phenoxy) is 2. The van der Waals surface area contributed by atoms with Gasteiger partial charge < -0.3 is 19.3 Å². The Hall–Kier alpha value is -2.45. The van der Waals surface area contributed by atoms with Gasteiger partial charge in [-0.1, -0.05) is 11.8 Å². The van der Waals surface area contributed by atoms with Gasteiger partial charge in [-0.15, -0.1) is 0 Å². The van der Waals surface area contributed by atoms with Crippen molar-refractivity contribution in [3.05, 3.63) is 36.1 Å². The fourth-order valence-electron chi connectivity index (χ4n) is 3.64. The molecule has 0 aromatic heterocycles. The average Bonchev–Trinajstić information content (AvgIpc) is 2.70. The summed E-state index contributed by atoms with van der Waals surface area (Å²) in [6.07, 6.45) is -0.592. The van der Waals surface area contributed by atoms with Crippen molar-refractivity contribution < 1.29 is 18.7 Å². The molecule has 31 heavy (non-hydrogen) atoms. The number of benzene rings is 2. The second-order valence-corrected chi connectivity index (χ2v) is 9.92. The number of hydrogen-bond donors (Lipinski definition) is 0. The predicted molar refractivity (Wildman–Crippen MR) is 123 cm³/mol. The van der Waals surface area contributed by atoms with Gasteiger partial charge in [0.1, 0.15) is 11.3 Å². The second-order valence-electron chi connectivity index (χ2n) is 8.84. The molecular weight excluding hydrogens is 417 g/mol. The highest BCUT2D eigenvalue weighted by Crippen LogP contribution is 2.51. The molecule has 0 spiro atoms. The third-order valence-corrected chi connectivity index (χ3v) is 6.19. The number of rotatable bonds is 2. The van der Waals surface area contributed by atoms with Gasteiger partial charge in [0.2, 0.25) is 0 Å². The third kappa shape index (κ3) is 4.45. The van der Waals surface area contributed by atoms with E-state index < -0.39 is 17.5 Å². The van der Waals surface area contributed by atoms with Gasteiger partial charge in [-0.2, -0.15) is 0 Å². The molecule has 2 aromatic carbocycles. The van der Waals surface area contributed by atoms with Crippen LogP contribution in [0, 0.1) is 5.82 Å². The molecule has 0 aliphatic carbocycles. The Kier molecular flexibility index (Phi) is 5.79. The number of morpholine rings is 1. The molecule has 2 aromatic rings. The van der Waals surface area contributed by atoms with E-state index in [1.807, 2.05) is 37.2 Å². The molecule has 166 valence electrons. The van der Waals surface area contributed by atoms with Crippen LogP contribution in [0.15, 0.2) is 40.1 Å². The first-order chi connectivity index (χ1) is 14.6. The fraction of sp³-hybridized carbons (Fsp3) is 0.435. The summed E-state index contributed by atoms with van der Waals surface area (Å²) in [5.74, 6) is -0.456. The molecule has 1 fully saturated rings. The lowest BCUT2D eigenvalue weighted by atomic mass is 10.1. The molecule has 0 radical (unpaired) electrons. The van der Waals surface area contributed by atoms with Crippen LogP contribution in [0.25, 0.3) is 0 Å². The van der Waals surface area contributed by atoms with Crippen molar-refractivity contribution in [1.82, 2.24) is 0 Å². The van der Waals surface area contributed by atoms with Gasteiger partial charge in [-0.05, 0) is 51.1 Å². The topological polar surface area (TPSA) is 45.2 Å². The van der Waals surface area contributed by atoms with Crippen molar-refractivity contribution in [3.63, 3.8) is 0 Å². The van der Waals surface area contributed by atoms with Crippen LogP contribution in [0.3, 0.4) is 0 Å². The molecular formula is C23H28FN3O3S. The van der Waals surface area contributed by atoms with Crippen LogP contribution < -0.4 is 14.7 Å². The lowest BCUT2D eigenvalue weighted by molar-refractivity contribution is 0.0596. The Labute approximate surface area is 186 Å². The first-order valence-corrected chi connectivity index (χ1v) is 11.1. The minimum atomic E-state index is -0.699. The van der Waals surface area contributed by atoms with E-state index in [1.54, 1.807) is 20.8 Å². The van der Waals surface area contributed by atoms with Crippen molar-refractivity contribution in [2.45, 2.75) is 36.2 Å². The Bertz CT molecular complexity index is 1000. The normalized spacial score (nSPS) is 15.9. The molecule has 2 heterocycles. The Balaban J connectivity index is 1.81. The highest BCUT2D eigenvalue weighted by Gasteiger charge is 2.35. The molecule has 8 heteroatoms. The summed E-state index contributed by atoms with van der Waals surface area (Å²) in [5.41, 5.74) is 1.96. The Morgan fingerprint density at radius 1 is 1.13 bits per heavy atom. The minimum absolute atomic E-state index is 0.233.